The molecule has 2 unspecified atom stereocenters. The Labute approximate surface area is 268 Å². The van der Waals surface area contributed by atoms with E-state index in [-0.39, 0.29) is 5.54 Å². The molecule has 2 aliphatic carbocycles. The first-order valence-corrected chi connectivity index (χ1v) is 26.1. The Balaban J connectivity index is 2.50. The van der Waals surface area contributed by atoms with Crippen molar-refractivity contribution in [2.45, 2.75) is 123 Å². The Bertz CT molecular complexity index is 819. The fourth-order valence-corrected chi connectivity index (χ4v) is 28.6. The van der Waals surface area contributed by atoms with Crippen LogP contribution in [0.3, 0.4) is 0 Å². The van der Waals surface area contributed by atoms with Crippen LogP contribution in [0.15, 0.2) is 23.8 Å². The van der Waals surface area contributed by atoms with Crippen LogP contribution >= 0.6 is 0 Å². The van der Waals surface area contributed by atoms with E-state index in [4.69, 9.17) is 35.4 Å². The predicted octanol–water partition coefficient (Wildman–Crippen LogP) is 7.96. The van der Waals surface area contributed by atoms with Crippen LogP contribution in [0, 0.1) is 0 Å². The highest BCUT2D eigenvalue weighted by molar-refractivity contribution is 6.87. The summed E-state index contributed by atoms with van der Waals surface area (Å²) in [4.78, 5) is 0. The molecule has 0 aliphatic heterocycles. The maximum absolute atomic E-state index is 6.78. The van der Waals surface area contributed by atoms with E-state index in [0.29, 0.717) is 58.4 Å². The molecule has 0 saturated heterocycles. The van der Waals surface area contributed by atoms with Crippen molar-refractivity contribution in [1.29, 1.82) is 0 Å². The van der Waals surface area contributed by atoms with Crippen molar-refractivity contribution in [3.05, 3.63) is 23.8 Å². The summed E-state index contributed by atoms with van der Waals surface area (Å²) in [6.07, 6.45) is 12.3. The minimum absolute atomic E-state index is 0.231. The van der Waals surface area contributed by atoms with Crippen LogP contribution in [0.5, 0.6) is 0 Å². The Hall–Kier alpha value is 0.0275. The van der Waals surface area contributed by atoms with Crippen LogP contribution in [0.25, 0.3) is 0 Å². The van der Waals surface area contributed by atoms with E-state index >= 15 is 0 Å². The van der Waals surface area contributed by atoms with Crippen LogP contribution in [-0.4, -0.2) is 87.1 Å². The van der Waals surface area contributed by atoms with Crippen molar-refractivity contribution in [3.63, 3.8) is 0 Å². The van der Waals surface area contributed by atoms with Crippen molar-refractivity contribution in [1.82, 2.24) is 0 Å². The Morgan fingerprint density at radius 3 is 1.58 bits per heavy atom. The highest BCUT2D eigenvalue weighted by Crippen LogP contribution is 2.47. The molecule has 0 bridgehead atoms. The maximum atomic E-state index is 6.78. The van der Waals surface area contributed by atoms with Crippen LogP contribution in [0.1, 0.15) is 87.5 Å². The van der Waals surface area contributed by atoms with Crippen LogP contribution in [0.4, 0.5) is 0 Å². The topological polar surface area (TPSA) is 73.8 Å². The van der Waals surface area contributed by atoms with Gasteiger partial charge in [0.2, 0.25) is 0 Å². The highest BCUT2D eigenvalue weighted by Gasteiger charge is 2.57. The third-order valence-electron chi connectivity index (χ3n) is 8.52. The van der Waals surface area contributed by atoms with Gasteiger partial charge in [-0.1, -0.05) is 23.8 Å². The molecule has 0 radical (unpaired) electrons. The van der Waals surface area contributed by atoms with Gasteiger partial charge in [-0.05, 0) is 94.0 Å². The molecule has 0 fully saturated rings. The fourth-order valence-electron chi connectivity index (χ4n) is 7.23. The van der Waals surface area contributed by atoms with Gasteiger partial charge in [0.05, 0.1) is 0 Å². The molecule has 2 rings (SSSR count). The van der Waals surface area contributed by atoms with Gasteiger partial charge in [-0.15, -0.1) is 0 Å². The summed E-state index contributed by atoms with van der Waals surface area (Å²) in [6, 6.07) is 0.830. The second-order valence-electron chi connectivity index (χ2n) is 11.6. The van der Waals surface area contributed by atoms with E-state index in [1.807, 2.05) is 13.8 Å². The Morgan fingerprint density at radius 2 is 1.12 bits per heavy atom. The van der Waals surface area contributed by atoms with E-state index in [2.05, 4.69) is 66.3 Å². The molecule has 0 aromatic rings. The normalized spacial score (nSPS) is 20.2. The first-order chi connectivity index (χ1) is 20.7. The zero-order valence-electron chi connectivity index (χ0n) is 29.0. The lowest BCUT2D eigenvalue weighted by molar-refractivity contribution is 0.155. The van der Waals surface area contributed by atoms with E-state index in [0.717, 1.165) is 49.5 Å². The molecule has 12 heteroatoms. The summed E-state index contributed by atoms with van der Waals surface area (Å²) in [5.74, 6) is 0. The molecular formula is C31H64O8Si4. The molecule has 2 aliphatic rings. The molecule has 0 spiro atoms. The van der Waals surface area contributed by atoms with Crippen LogP contribution in [-0.2, 0) is 35.4 Å². The van der Waals surface area contributed by atoms with Gasteiger partial charge in [-0.3, -0.25) is 0 Å². The van der Waals surface area contributed by atoms with Gasteiger partial charge in [0, 0.05) is 81.3 Å². The molecule has 252 valence electrons. The number of hydrogen-bond acceptors (Lipinski definition) is 8. The average molecular weight is 677 g/mol. The third-order valence-corrected chi connectivity index (χ3v) is 28.1. The molecule has 0 N–H and O–H groups in total. The molecule has 8 nitrogen and oxygen atoms in total. The fraction of sp³-hybridized carbons (Fsp3) is 0.871. The van der Waals surface area contributed by atoms with Crippen molar-refractivity contribution in [2.24, 2.45) is 0 Å². The Kier molecular flexibility index (Phi) is 17.9. The van der Waals surface area contributed by atoms with E-state index in [1.165, 1.54) is 5.57 Å². The number of rotatable bonds is 24. The summed E-state index contributed by atoms with van der Waals surface area (Å²) in [6.45, 7) is 23.9. The minimum Gasteiger partial charge on any atom is -0.395 e. The largest absolute Gasteiger partial charge is 0.395 e. The van der Waals surface area contributed by atoms with Gasteiger partial charge in [-0.2, -0.15) is 0 Å². The smallest absolute Gasteiger partial charge is 0.347 e. The molecule has 0 saturated carbocycles. The maximum Gasteiger partial charge on any atom is 0.347 e. The van der Waals surface area contributed by atoms with Crippen LogP contribution in [0.2, 0.25) is 35.0 Å². The van der Waals surface area contributed by atoms with Gasteiger partial charge >= 0.3 is 34.2 Å². The number of hydrogen-bond donors (Lipinski definition) is 0. The molecule has 0 aromatic carbocycles. The predicted molar refractivity (Wildman–Crippen MR) is 184 cm³/mol. The minimum atomic E-state index is -2.74. The second-order valence-corrected chi connectivity index (χ2v) is 26.0. The molecular weight excluding hydrogens is 613 g/mol. The molecule has 2 atom stereocenters. The van der Waals surface area contributed by atoms with Crippen molar-refractivity contribution >= 4 is 34.2 Å². The first kappa shape index (κ1) is 39.2. The van der Waals surface area contributed by atoms with Gasteiger partial charge in [-0.25, -0.2) is 0 Å². The van der Waals surface area contributed by atoms with Gasteiger partial charge in [0.15, 0.2) is 0 Å². The highest BCUT2D eigenvalue weighted by atomic mass is 28.4. The standard InChI is InChI=1S/C31H64O8Si4/c1-10-32-40(9,33-11-2)27-42(36-14-5,37-15-6)31-24-23-29(25-31)26-41(34-12-3,35-13-4)28-43(38-16-7,39-17-8)30-21-19-18-20-22-30/h18-19,25,30-31H,10-17,20-24,26-28H2,1-9H3. The zero-order valence-corrected chi connectivity index (χ0v) is 33.0. The summed E-state index contributed by atoms with van der Waals surface area (Å²) < 4.78 is 53.1. The lowest BCUT2D eigenvalue weighted by Crippen LogP contribution is -2.57. The summed E-state index contributed by atoms with van der Waals surface area (Å²) >= 11 is 0. The second kappa shape index (κ2) is 19.6. The van der Waals surface area contributed by atoms with Gasteiger partial charge < -0.3 is 35.4 Å². The number of allylic oxidation sites excluding steroid dienone is 4. The van der Waals surface area contributed by atoms with Crippen molar-refractivity contribution in [2.75, 3.05) is 52.9 Å². The van der Waals surface area contributed by atoms with Gasteiger partial charge in [0.25, 0.3) is 0 Å². The quantitative estimate of drug-likeness (QED) is 0.0754. The van der Waals surface area contributed by atoms with Crippen molar-refractivity contribution < 1.29 is 35.4 Å². The average Bonchev–Trinajstić information content (AvgIpc) is 3.43. The summed E-state index contributed by atoms with van der Waals surface area (Å²) in [7, 11) is -10.6. The SMILES string of the molecule is CCO[Si](C)(C[Si](OCC)(OCC)C1C=C(C[Si](C[Si](OCC)(OCC)C2CC=CCC2)(OCC)OCC)CC1)OCC. The van der Waals surface area contributed by atoms with E-state index < -0.39 is 34.2 Å². The molecule has 0 heterocycles. The van der Waals surface area contributed by atoms with Crippen molar-refractivity contribution in [3.8, 4) is 0 Å². The zero-order chi connectivity index (χ0) is 31.8. The lowest BCUT2D eigenvalue weighted by atomic mass is 10.1. The lowest BCUT2D eigenvalue weighted by Gasteiger charge is -2.43. The summed E-state index contributed by atoms with van der Waals surface area (Å²) in [5.41, 5.74) is 3.60. The molecule has 0 aromatic heterocycles. The molecule has 0 amide bonds. The molecule has 43 heavy (non-hydrogen) atoms. The van der Waals surface area contributed by atoms with Crippen LogP contribution < -0.4 is 0 Å². The first-order valence-electron chi connectivity index (χ1n) is 17.1. The monoisotopic (exact) mass is 676 g/mol. The third kappa shape index (κ3) is 11.1. The van der Waals surface area contributed by atoms with Gasteiger partial charge in [0.1, 0.15) is 0 Å². The Morgan fingerprint density at radius 1 is 0.605 bits per heavy atom. The summed E-state index contributed by atoms with van der Waals surface area (Å²) in [5, 5.41) is 0. The van der Waals surface area contributed by atoms with E-state index in [1.54, 1.807) is 0 Å². The van der Waals surface area contributed by atoms with E-state index in [9.17, 15) is 0 Å².